The molecule has 0 N–H and O–H groups in total. The molecule has 1 amide bonds. The van der Waals surface area contributed by atoms with Gasteiger partial charge in [-0.1, -0.05) is 24.3 Å². The van der Waals surface area contributed by atoms with Gasteiger partial charge < -0.3 is 9.47 Å². The van der Waals surface area contributed by atoms with Crippen molar-refractivity contribution >= 4 is 15.9 Å². The summed E-state index contributed by atoms with van der Waals surface area (Å²) in [4.78, 5) is 14.9. The van der Waals surface area contributed by atoms with E-state index in [1.807, 2.05) is 24.3 Å². The second-order valence-electron chi connectivity index (χ2n) is 7.57. The van der Waals surface area contributed by atoms with E-state index in [9.17, 15) is 13.2 Å². The van der Waals surface area contributed by atoms with Gasteiger partial charge in [0.25, 0.3) is 15.9 Å². The van der Waals surface area contributed by atoms with Crippen molar-refractivity contribution in [3.8, 4) is 11.5 Å². The second-order valence-corrected chi connectivity index (χ2v) is 9.40. The number of fused-ring (bicyclic) bond motifs is 1. The smallest absolute Gasteiger partial charge is 0.269 e. The molecule has 2 aliphatic rings. The number of hydrogen-bond donors (Lipinski definition) is 0. The predicted octanol–water partition coefficient (Wildman–Crippen LogP) is 2.77. The molecule has 8 heteroatoms. The van der Waals surface area contributed by atoms with Crippen LogP contribution >= 0.6 is 0 Å². The molecule has 0 radical (unpaired) electrons. The normalized spacial score (nSPS) is 20.4. The Morgan fingerprint density at radius 3 is 2.47 bits per heavy atom. The van der Waals surface area contributed by atoms with Crippen molar-refractivity contribution in [3.05, 3.63) is 54.1 Å². The first-order valence-electron chi connectivity index (χ1n) is 10.2. The molecule has 0 spiro atoms. The molecule has 2 aromatic rings. The van der Waals surface area contributed by atoms with E-state index in [4.69, 9.17) is 9.47 Å². The molecular weight excluding hydrogens is 404 g/mol. The van der Waals surface area contributed by atoms with Crippen LogP contribution in [0, 0.1) is 0 Å². The summed E-state index contributed by atoms with van der Waals surface area (Å²) in [7, 11) is -2.07. The van der Waals surface area contributed by atoms with Crippen molar-refractivity contribution in [2.24, 2.45) is 0 Å². The zero-order valence-electron chi connectivity index (χ0n) is 17.0. The molecule has 2 aromatic carbocycles. The van der Waals surface area contributed by atoms with Crippen molar-refractivity contribution < 1.29 is 22.7 Å². The van der Waals surface area contributed by atoms with E-state index >= 15 is 0 Å². The predicted molar refractivity (Wildman–Crippen MR) is 112 cm³/mol. The first-order valence-corrected chi connectivity index (χ1v) is 11.6. The van der Waals surface area contributed by atoms with Gasteiger partial charge in [0.1, 0.15) is 11.0 Å². The van der Waals surface area contributed by atoms with Gasteiger partial charge in [-0.05, 0) is 50.1 Å². The van der Waals surface area contributed by atoms with E-state index in [0.717, 1.165) is 48.3 Å². The molecule has 1 fully saturated rings. The van der Waals surface area contributed by atoms with Gasteiger partial charge in [0.2, 0.25) is 0 Å². The number of nitrogens with zero attached hydrogens (tertiary/aromatic N) is 2. The zero-order valence-corrected chi connectivity index (χ0v) is 17.8. The maximum absolute atomic E-state index is 12.6. The SMILES string of the molecule is COc1ccccc1O[C@@H]1CCN(CCCCN2C(=O)c3ccccc3S2(=O)=O)C1. The van der Waals surface area contributed by atoms with Gasteiger partial charge in [-0.15, -0.1) is 0 Å². The van der Waals surface area contributed by atoms with Crippen molar-refractivity contribution in [1.82, 2.24) is 9.21 Å². The Labute approximate surface area is 177 Å². The summed E-state index contributed by atoms with van der Waals surface area (Å²) in [6, 6.07) is 14.0. The third-order valence-electron chi connectivity index (χ3n) is 5.59. The lowest BCUT2D eigenvalue weighted by Gasteiger charge is -2.19. The number of ether oxygens (including phenoxy) is 2. The number of hydrogen-bond acceptors (Lipinski definition) is 6. The number of carbonyl (C=O) groups excluding carboxylic acids is 1. The summed E-state index contributed by atoms with van der Waals surface area (Å²) in [5, 5.41) is 0. The molecule has 0 aliphatic carbocycles. The number of rotatable bonds is 8. The minimum atomic E-state index is -3.71. The zero-order chi connectivity index (χ0) is 21.1. The number of amides is 1. The molecule has 160 valence electrons. The van der Waals surface area contributed by atoms with E-state index in [1.54, 1.807) is 25.3 Å². The summed E-state index contributed by atoms with van der Waals surface area (Å²) in [5.41, 5.74) is 0.272. The molecule has 4 rings (SSSR count). The van der Waals surface area contributed by atoms with Gasteiger partial charge in [-0.2, -0.15) is 0 Å². The van der Waals surface area contributed by atoms with Gasteiger partial charge >= 0.3 is 0 Å². The van der Waals surface area contributed by atoms with E-state index in [2.05, 4.69) is 4.90 Å². The van der Waals surface area contributed by atoms with E-state index in [1.165, 1.54) is 6.07 Å². The molecule has 30 heavy (non-hydrogen) atoms. The Hall–Kier alpha value is -2.58. The molecule has 0 saturated carbocycles. The Morgan fingerprint density at radius 1 is 1.00 bits per heavy atom. The van der Waals surface area contributed by atoms with Crippen LogP contribution in [-0.4, -0.2) is 62.9 Å². The lowest BCUT2D eigenvalue weighted by Crippen LogP contribution is -2.32. The van der Waals surface area contributed by atoms with Crippen LogP contribution in [0.15, 0.2) is 53.4 Å². The topological polar surface area (TPSA) is 76.2 Å². The first kappa shape index (κ1) is 20.7. The quantitative estimate of drug-likeness (QED) is 0.600. The van der Waals surface area contributed by atoms with E-state index in [0.29, 0.717) is 6.42 Å². The number of sulfonamides is 1. The number of carbonyl (C=O) groups is 1. The van der Waals surface area contributed by atoms with Gasteiger partial charge in [0.15, 0.2) is 11.5 Å². The van der Waals surface area contributed by atoms with Crippen molar-refractivity contribution in [2.45, 2.75) is 30.3 Å². The minimum Gasteiger partial charge on any atom is -0.493 e. The molecule has 2 aliphatic heterocycles. The highest BCUT2D eigenvalue weighted by Crippen LogP contribution is 2.30. The molecule has 0 bridgehead atoms. The van der Waals surface area contributed by atoms with Crippen LogP contribution in [0.2, 0.25) is 0 Å². The van der Waals surface area contributed by atoms with Gasteiger partial charge in [-0.25, -0.2) is 12.7 Å². The maximum atomic E-state index is 12.6. The van der Waals surface area contributed by atoms with Crippen LogP contribution in [0.25, 0.3) is 0 Å². The van der Waals surface area contributed by atoms with Crippen molar-refractivity contribution in [1.29, 1.82) is 0 Å². The van der Waals surface area contributed by atoms with Gasteiger partial charge in [-0.3, -0.25) is 9.69 Å². The third-order valence-corrected chi connectivity index (χ3v) is 7.43. The fourth-order valence-electron chi connectivity index (χ4n) is 4.04. The Balaban J connectivity index is 1.24. The third kappa shape index (κ3) is 4.02. The molecule has 2 heterocycles. The fraction of sp³-hybridized carbons (Fsp3) is 0.409. The first-order chi connectivity index (χ1) is 14.5. The number of para-hydroxylation sites is 2. The molecule has 0 aromatic heterocycles. The lowest BCUT2D eigenvalue weighted by atomic mass is 10.2. The van der Waals surface area contributed by atoms with Gasteiger partial charge in [0.05, 0.1) is 12.7 Å². The van der Waals surface area contributed by atoms with Gasteiger partial charge in [0, 0.05) is 19.6 Å². The molecular formula is C22H26N2O5S. The van der Waals surface area contributed by atoms with Crippen LogP contribution in [0.4, 0.5) is 0 Å². The van der Waals surface area contributed by atoms with Crippen LogP contribution < -0.4 is 9.47 Å². The standard InChI is InChI=1S/C22H26N2O5S/c1-28-19-9-3-4-10-20(19)29-17-12-15-23(16-17)13-6-7-14-24-22(25)18-8-2-5-11-21(18)30(24,26)27/h2-5,8-11,17H,6-7,12-16H2,1H3/t17-/m1/s1. The minimum absolute atomic E-state index is 0.108. The molecule has 1 saturated heterocycles. The Kier molecular flexibility index (Phi) is 5.97. The average Bonchev–Trinajstić information content (AvgIpc) is 3.27. The largest absolute Gasteiger partial charge is 0.493 e. The van der Waals surface area contributed by atoms with Crippen molar-refractivity contribution in [3.63, 3.8) is 0 Å². The highest BCUT2D eigenvalue weighted by molar-refractivity contribution is 7.90. The Morgan fingerprint density at radius 2 is 1.70 bits per heavy atom. The highest BCUT2D eigenvalue weighted by atomic mass is 32.2. The van der Waals surface area contributed by atoms with Crippen LogP contribution in [0.5, 0.6) is 11.5 Å². The number of benzene rings is 2. The van der Waals surface area contributed by atoms with E-state index in [-0.39, 0.29) is 23.1 Å². The molecule has 7 nitrogen and oxygen atoms in total. The molecule has 0 unspecified atom stereocenters. The number of methoxy groups -OCH3 is 1. The monoisotopic (exact) mass is 430 g/mol. The summed E-state index contributed by atoms with van der Waals surface area (Å²) >= 11 is 0. The summed E-state index contributed by atoms with van der Waals surface area (Å²) < 4.78 is 37.6. The number of likely N-dealkylation sites (tertiary alicyclic amines) is 1. The van der Waals surface area contributed by atoms with Crippen molar-refractivity contribution in [2.75, 3.05) is 33.3 Å². The average molecular weight is 431 g/mol. The summed E-state index contributed by atoms with van der Waals surface area (Å²) in [6.07, 6.45) is 2.49. The summed E-state index contributed by atoms with van der Waals surface area (Å²) in [5.74, 6) is 1.06. The maximum Gasteiger partial charge on any atom is 0.269 e. The fourth-order valence-corrected chi connectivity index (χ4v) is 5.64. The van der Waals surface area contributed by atoms with Crippen LogP contribution in [0.1, 0.15) is 29.6 Å². The molecule has 1 atom stereocenters. The van der Waals surface area contributed by atoms with Crippen LogP contribution in [-0.2, 0) is 10.0 Å². The highest BCUT2D eigenvalue weighted by Gasteiger charge is 2.40. The van der Waals surface area contributed by atoms with Crippen LogP contribution in [0.3, 0.4) is 0 Å². The second kappa shape index (κ2) is 8.65. The number of unbranched alkanes of at least 4 members (excludes halogenated alkanes) is 1. The summed E-state index contributed by atoms with van der Waals surface area (Å²) in [6.45, 7) is 2.82. The lowest BCUT2D eigenvalue weighted by molar-refractivity contribution is 0.0869. The van der Waals surface area contributed by atoms with E-state index < -0.39 is 15.9 Å². The Bertz CT molecular complexity index is 1020.